The largest absolute Gasteiger partial charge is 0.493 e. The molecule has 0 heterocycles. The zero-order chi connectivity index (χ0) is 13.7. The summed E-state index contributed by atoms with van der Waals surface area (Å²) in [5.41, 5.74) is 1.26. The highest BCUT2D eigenvalue weighted by molar-refractivity contribution is 5.42. The van der Waals surface area contributed by atoms with Crippen molar-refractivity contribution in [2.45, 2.75) is 27.2 Å². The van der Waals surface area contributed by atoms with E-state index in [1.165, 1.54) is 5.56 Å². The molecule has 0 radical (unpaired) electrons. The lowest BCUT2D eigenvalue weighted by atomic mass is 10.1. The van der Waals surface area contributed by atoms with E-state index in [0.29, 0.717) is 0 Å². The monoisotopic (exact) mass is 241 g/mol. The second-order valence-corrected chi connectivity index (χ2v) is 3.04. The van der Waals surface area contributed by atoms with Gasteiger partial charge in [0.25, 0.3) is 0 Å². The Labute approximate surface area is 106 Å². The Kier molecular flexibility index (Phi) is 13.7. The van der Waals surface area contributed by atoms with Gasteiger partial charge in [-0.1, -0.05) is 26.8 Å². The van der Waals surface area contributed by atoms with Gasteiger partial charge >= 0.3 is 0 Å². The molecule has 0 saturated heterocycles. The molecule has 1 N–H and O–H groups in total. The molecule has 0 aliphatic heterocycles. The van der Waals surface area contributed by atoms with Crippen LogP contribution in [0.2, 0.25) is 0 Å². The lowest BCUT2D eigenvalue weighted by Crippen LogP contribution is -1.91. The number of nitrogens with one attached hydrogen (secondary N) is 1. The second kappa shape index (κ2) is 12.8. The fraction of sp³-hybridized carbons (Fsp3) is 0.571. The lowest BCUT2D eigenvalue weighted by Gasteiger charge is -2.07. The third-order valence-electron chi connectivity index (χ3n) is 1.86. The van der Waals surface area contributed by atoms with E-state index in [9.17, 15) is 0 Å². The Balaban J connectivity index is 0. The minimum absolute atomic E-state index is 0.787. The maximum Gasteiger partial charge on any atom is 0.160 e. The predicted molar refractivity (Wildman–Crippen MR) is 75.3 cm³/mol. The summed E-state index contributed by atoms with van der Waals surface area (Å²) in [4.78, 5) is 0. The van der Waals surface area contributed by atoms with Gasteiger partial charge in [-0.25, -0.2) is 0 Å². The molecule has 0 unspecified atom stereocenters. The molecule has 0 spiro atoms. The highest BCUT2D eigenvalue weighted by atomic mass is 16.5. The molecule has 17 heavy (non-hydrogen) atoms. The molecular weight excluding hydrogens is 214 g/mol. The minimum Gasteiger partial charge on any atom is -0.493 e. The maximum atomic E-state index is 5.15. The number of ether oxygens (including phenoxy) is 2. The number of aryl methyl sites for hydroxylation is 1. The lowest BCUT2D eigenvalue weighted by molar-refractivity contribution is 0.354. The van der Waals surface area contributed by atoms with Crippen LogP contribution in [0.15, 0.2) is 18.2 Å². The highest BCUT2D eigenvalue weighted by Crippen LogP contribution is 2.27. The summed E-state index contributed by atoms with van der Waals surface area (Å²) < 4.78 is 10.3. The van der Waals surface area contributed by atoms with E-state index in [2.05, 4.69) is 12.2 Å². The smallest absolute Gasteiger partial charge is 0.160 e. The SMILES string of the molecule is CC.CCc1ccc(OC)c(OC)c1.CNC. The summed E-state index contributed by atoms with van der Waals surface area (Å²) >= 11 is 0. The van der Waals surface area contributed by atoms with Gasteiger partial charge in [-0.05, 0) is 38.2 Å². The van der Waals surface area contributed by atoms with Crippen molar-refractivity contribution in [3.05, 3.63) is 23.8 Å². The standard InChI is InChI=1S/C10H14O2.C2H7N.C2H6/c1-4-8-5-6-9(11-2)10(7-8)12-3;1-3-2;1-2/h5-7H,4H2,1-3H3;3H,1-2H3;1-2H3. The fourth-order valence-electron chi connectivity index (χ4n) is 1.10. The van der Waals surface area contributed by atoms with Crippen LogP contribution >= 0.6 is 0 Å². The van der Waals surface area contributed by atoms with E-state index in [-0.39, 0.29) is 0 Å². The van der Waals surface area contributed by atoms with E-state index in [0.717, 1.165) is 17.9 Å². The van der Waals surface area contributed by atoms with E-state index >= 15 is 0 Å². The van der Waals surface area contributed by atoms with E-state index in [1.54, 1.807) is 14.2 Å². The van der Waals surface area contributed by atoms with Crippen LogP contribution in [0.4, 0.5) is 0 Å². The first-order chi connectivity index (χ1) is 8.23. The maximum absolute atomic E-state index is 5.15. The van der Waals surface area contributed by atoms with Gasteiger partial charge in [-0.15, -0.1) is 0 Å². The minimum atomic E-state index is 0.787. The molecule has 3 nitrogen and oxygen atoms in total. The van der Waals surface area contributed by atoms with Crippen LogP contribution in [0.1, 0.15) is 26.3 Å². The summed E-state index contributed by atoms with van der Waals surface area (Å²) in [6.07, 6.45) is 1.01. The predicted octanol–water partition coefficient (Wildman–Crippen LogP) is 3.13. The first-order valence-corrected chi connectivity index (χ1v) is 6.02. The van der Waals surface area contributed by atoms with Crippen LogP contribution in [0.5, 0.6) is 11.5 Å². The normalized spacial score (nSPS) is 8.18. The molecule has 3 heteroatoms. The quantitative estimate of drug-likeness (QED) is 0.882. The number of rotatable bonds is 3. The summed E-state index contributed by atoms with van der Waals surface area (Å²) in [5, 5.41) is 2.75. The van der Waals surface area contributed by atoms with Crippen molar-refractivity contribution < 1.29 is 9.47 Å². The molecule has 0 saturated carbocycles. The Bertz CT molecular complexity index is 275. The highest BCUT2D eigenvalue weighted by Gasteiger charge is 2.02. The third-order valence-corrected chi connectivity index (χ3v) is 1.86. The Hall–Kier alpha value is -1.22. The number of hydrogen-bond acceptors (Lipinski definition) is 3. The van der Waals surface area contributed by atoms with E-state index < -0.39 is 0 Å². The molecule has 0 aromatic heterocycles. The average molecular weight is 241 g/mol. The summed E-state index contributed by atoms with van der Waals surface area (Å²) in [5.74, 6) is 1.59. The zero-order valence-electron chi connectivity index (χ0n) is 12.3. The van der Waals surface area contributed by atoms with E-state index in [4.69, 9.17) is 9.47 Å². The van der Waals surface area contributed by atoms with Gasteiger partial charge in [0.15, 0.2) is 11.5 Å². The molecule has 0 bridgehead atoms. The average Bonchev–Trinajstić information content (AvgIpc) is 2.41. The van der Waals surface area contributed by atoms with Crippen LogP contribution in [-0.4, -0.2) is 28.3 Å². The molecule has 100 valence electrons. The van der Waals surface area contributed by atoms with Gasteiger partial charge < -0.3 is 14.8 Å². The van der Waals surface area contributed by atoms with Crippen molar-refractivity contribution >= 4 is 0 Å². The molecule has 0 fully saturated rings. The van der Waals surface area contributed by atoms with Crippen LogP contribution in [-0.2, 0) is 6.42 Å². The molecule has 1 aromatic rings. The summed E-state index contributed by atoms with van der Waals surface area (Å²) in [6, 6.07) is 5.97. The second-order valence-electron chi connectivity index (χ2n) is 3.04. The van der Waals surface area contributed by atoms with Crippen molar-refractivity contribution in [1.29, 1.82) is 0 Å². The van der Waals surface area contributed by atoms with Crippen molar-refractivity contribution in [2.75, 3.05) is 28.3 Å². The van der Waals surface area contributed by atoms with Crippen molar-refractivity contribution in [3.8, 4) is 11.5 Å². The number of benzene rings is 1. The number of hydrogen-bond donors (Lipinski definition) is 1. The van der Waals surface area contributed by atoms with Gasteiger partial charge in [-0.3, -0.25) is 0 Å². The molecule has 0 amide bonds. The van der Waals surface area contributed by atoms with Gasteiger partial charge in [0.1, 0.15) is 0 Å². The number of methoxy groups -OCH3 is 2. The van der Waals surface area contributed by atoms with Crippen molar-refractivity contribution in [1.82, 2.24) is 5.32 Å². The molecule has 0 atom stereocenters. The van der Waals surface area contributed by atoms with Crippen molar-refractivity contribution in [3.63, 3.8) is 0 Å². The molecular formula is C14H27NO2. The Morgan fingerprint density at radius 1 is 1.00 bits per heavy atom. The first-order valence-electron chi connectivity index (χ1n) is 6.02. The fourth-order valence-corrected chi connectivity index (χ4v) is 1.10. The zero-order valence-corrected chi connectivity index (χ0v) is 12.3. The Morgan fingerprint density at radius 2 is 1.47 bits per heavy atom. The molecule has 0 aliphatic carbocycles. The summed E-state index contributed by atoms with van der Waals surface area (Å²) in [7, 11) is 7.04. The van der Waals surface area contributed by atoms with Crippen LogP contribution in [0, 0.1) is 0 Å². The molecule has 0 aliphatic rings. The van der Waals surface area contributed by atoms with Crippen LogP contribution in [0.25, 0.3) is 0 Å². The van der Waals surface area contributed by atoms with Gasteiger partial charge in [0.05, 0.1) is 14.2 Å². The summed E-state index contributed by atoms with van der Waals surface area (Å²) in [6.45, 7) is 6.11. The third kappa shape index (κ3) is 7.64. The molecule has 1 aromatic carbocycles. The van der Waals surface area contributed by atoms with Crippen LogP contribution in [0.3, 0.4) is 0 Å². The van der Waals surface area contributed by atoms with Crippen molar-refractivity contribution in [2.24, 2.45) is 0 Å². The van der Waals surface area contributed by atoms with E-state index in [1.807, 2.05) is 46.1 Å². The van der Waals surface area contributed by atoms with Gasteiger partial charge in [0, 0.05) is 0 Å². The molecule has 1 rings (SSSR count). The topological polar surface area (TPSA) is 30.5 Å². The van der Waals surface area contributed by atoms with Gasteiger partial charge in [0.2, 0.25) is 0 Å². The van der Waals surface area contributed by atoms with Crippen LogP contribution < -0.4 is 14.8 Å². The Morgan fingerprint density at radius 3 is 1.82 bits per heavy atom. The van der Waals surface area contributed by atoms with Gasteiger partial charge in [-0.2, -0.15) is 0 Å². The first kappa shape index (κ1) is 18.2.